The summed E-state index contributed by atoms with van der Waals surface area (Å²) in [6.45, 7) is 4.30. The minimum atomic E-state index is -0.314. The van der Waals surface area contributed by atoms with Crippen LogP contribution in [0, 0.1) is 19.7 Å². The Morgan fingerprint density at radius 2 is 1.82 bits per heavy atom. The molecule has 0 atom stereocenters. The number of furan rings is 1. The van der Waals surface area contributed by atoms with Gasteiger partial charge >= 0.3 is 0 Å². The van der Waals surface area contributed by atoms with Crippen LogP contribution >= 0.6 is 11.3 Å². The summed E-state index contributed by atoms with van der Waals surface area (Å²) >= 11 is 1.35. The zero-order valence-electron chi connectivity index (χ0n) is 18.9. The summed E-state index contributed by atoms with van der Waals surface area (Å²) in [5.74, 6) is -0.519. The third kappa shape index (κ3) is 5.58. The van der Waals surface area contributed by atoms with Crippen molar-refractivity contribution in [2.45, 2.75) is 26.7 Å². The first-order valence-corrected chi connectivity index (χ1v) is 11.7. The molecule has 2 aromatic carbocycles. The number of rotatable bonds is 8. The van der Waals surface area contributed by atoms with Crippen molar-refractivity contribution in [1.82, 2.24) is 10.3 Å². The first-order chi connectivity index (χ1) is 16.4. The Bertz CT molecular complexity index is 1260. The third-order valence-electron chi connectivity index (χ3n) is 5.14. The number of amides is 2. The van der Waals surface area contributed by atoms with Crippen molar-refractivity contribution in [3.05, 3.63) is 88.9 Å². The molecule has 0 aliphatic heterocycles. The van der Waals surface area contributed by atoms with Crippen molar-refractivity contribution in [2.75, 3.05) is 11.4 Å². The average molecular weight is 478 g/mol. The van der Waals surface area contributed by atoms with E-state index in [0.717, 1.165) is 22.4 Å². The lowest BCUT2D eigenvalue weighted by Gasteiger charge is -2.21. The maximum absolute atomic E-state index is 13.3. The Morgan fingerprint density at radius 3 is 2.50 bits per heavy atom. The second-order valence-corrected chi connectivity index (χ2v) is 8.77. The number of hydrogen-bond acceptors (Lipinski definition) is 5. The van der Waals surface area contributed by atoms with Crippen molar-refractivity contribution >= 4 is 34.0 Å². The van der Waals surface area contributed by atoms with Gasteiger partial charge in [-0.1, -0.05) is 6.07 Å². The minimum absolute atomic E-state index is 0.128. The molecular weight excluding hydrogens is 453 g/mol. The minimum Gasteiger partial charge on any atom is -0.459 e. The third-order valence-corrected chi connectivity index (χ3v) is 5.96. The van der Waals surface area contributed by atoms with Crippen molar-refractivity contribution < 1.29 is 18.4 Å². The molecule has 1 N–H and O–H groups in total. The van der Waals surface area contributed by atoms with Gasteiger partial charge in [-0.2, -0.15) is 0 Å². The van der Waals surface area contributed by atoms with Crippen molar-refractivity contribution in [2.24, 2.45) is 0 Å². The van der Waals surface area contributed by atoms with Gasteiger partial charge in [-0.25, -0.2) is 9.37 Å². The molecule has 174 valence electrons. The maximum atomic E-state index is 13.3. The van der Waals surface area contributed by atoms with Crippen molar-refractivity contribution in [3.8, 4) is 11.3 Å². The Morgan fingerprint density at radius 1 is 1.09 bits per heavy atom. The van der Waals surface area contributed by atoms with Crippen LogP contribution in [0.3, 0.4) is 0 Å². The lowest BCUT2D eigenvalue weighted by Crippen LogP contribution is -2.28. The van der Waals surface area contributed by atoms with E-state index < -0.39 is 0 Å². The van der Waals surface area contributed by atoms with E-state index >= 15 is 0 Å². The molecule has 0 aliphatic rings. The molecule has 34 heavy (non-hydrogen) atoms. The van der Waals surface area contributed by atoms with Crippen LogP contribution in [0.4, 0.5) is 15.2 Å². The lowest BCUT2D eigenvalue weighted by atomic mass is 10.1. The first-order valence-electron chi connectivity index (χ1n) is 10.8. The fraction of sp³-hybridized carbons (Fsp3) is 0.192. The Kier molecular flexibility index (Phi) is 7.18. The SMILES string of the molecule is Cc1cc(C)cc(N(C(=O)CCCNC(=O)c2ccco2)c2nc(-c3ccc(F)cc3)cs2)c1. The van der Waals surface area contributed by atoms with Crippen LogP contribution < -0.4 is 10.2 Å². The van der Waals surface area contributed by atoms with E-state index in [0.29, 0.717) is 23.8 Å². The second-order valence-electron chi connectivity index (χ2n) is 7.93. The van der Waals surface area contributed by atoms with Gasteiger partial charge in [0.15, 0.2) is 10.9 Å². The van der Waals surface area contributed by atoms with Gasteiger partial charge in [0.2, 0.25) is 5.91 Å². The number of aryl methyl sites for hydroxylation is 2. The molecule has 4 aromatic rings. The molecule has 4 rings (SSSR count). The monoisotopic (exact) mass is 477 g/mol. The molecule has 0 saturated heterocycles. The van der Waals surface area contributed by atoms with E-state index in [1.807, 2.05) is 37.4 Å². The Hall–Kier alpha value is -3.78. The predicted molar refractivity (Wildman–Crippen MR) is 131 cm³/mol. The van der Waals surface area contributed by atoms with Gasteiger partial charge in [-0.3, -0.25) is 14.5 Å². The summed E-state index contributed by atoms with van der Waals surface area (Å²) in [5.41, 5.74) is 4.26. The summed E-state index contributed by atoms with van der Waals surface area (Å²) in [6, 6.07) is 15.3. The quantitative estimate of drug-likeness (QED) is 0.314. The molecule has 0 unspecified atom stereocenters. The van der Waals surface area contributed by atoms with Gasteiger partial charge in [-0.05, 0) is 79.9 Å². The van der Waals surface area contributed by atoms with Gasteiger partial charge in [0, 0.05) is 23.9 Å². The number of nitrogens with one attached hydrogen (secondary N) is 1. The number of halogens is 1. The van der Waals surface area contributed by atoms with Crippen molar-refractivity contribution in [1.29, 1.82) is 0 Å². The number of nitrogens with zero attached hydrogens (tertiary/aromatic N) is 2. The molecule has 2 amide bonds. The highest BCUT2D eigenvalue weighted by Crippen LogP contribution is 2.34. The van der Waals surface area contributed by atoms with Gasteiger partial charge in [0.25, 0.3) is 5.91 Å². The van der Waals surface area contributed by atoms with Crippen LogP contribution in [-0.4, -0.2) is 23.3 Å². The standard InChI is InChI=1S/C26H24FN3O3S/c1-17-13-18(2)15-21(14-17)30(24(31)6-3-11-28-25(32)23-5-4-12-33-23)26-29-22(16-34-26)19-7-9-20(27)10-8-19/h4-5,7-10,12-16H,3,6,11H2,1-2H3,(H,28,32). The molecule has 0 saturated carbocycles. The first kappa shape index (κ1) is 23.4. The zero-order chi connectivity index (χ0) is 24.1. The number of aromatic nitrogens is 1. The summed E-state index contributed by atoms with van der Waals surface area (Å²) in [4.78, 5) is 31.7. The topological polar surface area (TPSA) is 75.4 Å². The molecular formula is C26H24FN3O3S. The van der Waals surface area contributed by atoms with E-state index in [4.69, 9.17) is 4.42 Å². The van der Waals surface area contributed by atoms with Gasteiger partial charge in [-0.15, -0.1) is 11.3 Å². The van der Waals surface area contributed by atoms with Crippen LogP contribution in [0.2, 0.25) is 0 Å². The second kappa shape index (κ2) is 10.4. The molecule has 2 aromatic heterocycles. The van der Waals surface area contributed by atoms with E-state index in [-0.39, 0.29) is 29.8 Å². The highest BCUT2D eigenvalue weighted by atomic mass is 32.1. The summed E-state index contributed by atoms with van der Waals surface area (Å²) < 4.78 is 18.4. The highest BCUT2D eigenvalue weighted by molar-refractivity contribution is 7.14. The normalized spacial score (nSPS) is 10.8. The van der Waals surface area contributed by atoms with Crippen molar-refractivity contribution in [3.63, 3.8) is 0 Å². The highest BCUT2D eigenvalue weighted by Gasteiger charge is 2.22. The van der Waals surface area contributed by atoms with E-state index in [1.54, 1.807) is 29.2 Å². The number of carbonyl (C=O) groups is 2. The number of carbonyl (C=O) groups excluding carboxylic acids is 2. The number of thiazole rings is 1. The van der Waals surface area contributed by atoms with Gasteiger partial charge in [0.05, 0.1) is 17.6 Å². The molecule has 2 heterocycles. The molecule has 0 spiro atoms. The number of anilines is 2. The molecule has 0 fully saturated rings. The van der Waals surface area contributed by atoms with Crippen LogP contribution in [0.1, 0.15) is 34.5 Å². The van der Waals surface area contributed by atoms with E-state index in [1.165, 1.54) is 29.7 Å². The van der Waals surface area contributed by atoms with Gasteiger partial charge in [0.1, 0.15) is 5.82 Å². The number of benzene rings is 2. The van der Waals surface area contributed by atoms with Crippen LogP contribution in [0.25, 0.3) is 11.3 Å². The smallest absolute Gasteiger partial charge is 0.286 e. The molecule has 0 bridgehead atoms. The summed E-state index contributed by atoms with van der Waals surface area (Å²) in [6.07, 6.45) is 2.12. The largest absolute Gasteiger partial charge is 0.459 e. The van der Waals surface area contributed by atoms with Crippen LogP contribution in [0.5, 0.6) is 0 Å². The summed E-state index contributed by atoms with van der Waals surface area (Å²) in [7, 11) is 0. The molecule has 0 radical (unpaired) electrons. The van der Waals surface area contributed by atoms with E-state index in [9.17, 15) is 14.0 Å². The maximum Gasteiger partial charge on any atom is 0.286 e. The molecule has 0 aliphatic carbocycles. The summed E-state index contributed by atoms with van der Waals surface area (Å²) in [5, 5.41) is 5.15. The van der Waals surface area contributed by atoms with Gasteiger partial charge < -0.3 is 9.73 Å². The lowest BCUT2D eigenvalue weighted by molar-refractivity contribution is -0.118. The Labute approximate surface area is 201 Å². The predicted octanol–water partition coefficient (Wildman–Crippen LogP) is 6.03. The average Bonchev–Trinajstić information content (AvgIpc) is 3.49. The Balaban J connectivity index is 1.52. The molecule has 6 nitrogen and oxygen atoms in total. The molecule has 8 heteroatoms. The van der Waals surface area contributed by atoms with Crippen LogP contribution in [-0.2, 0) is 4.79 Å². The fourth-order valence-corrected chi connectivity index (χ4v) is 4.48. The zero-order valence-corrected chi connectivity index (χ0v) is 19.7. The fourth-order valence-electron chi connectivity index (χ4n) is 3.61. The van der Waals surface area contributed by atoms with E-state index in [2.05, 4.69) is 10.3 Å². The van der Waals surface area contributed by atoms with Crippen LogP contribution in [0.15, 0.2) is 70.7 Å². The number of hydrogen-bond donors (Lipinski definition) is 1.